The Kier molecular flexibility index (Phi) is 5.80. The number of halogens is 1. The monoisotopic (exact) mass is 444 g/mol. The maximum absolute atomic E-state index is 13.0. The lowest BCUT2D eigenvalue weighted by molar-refractivity contribution is -0.128. The van der Waals surface area contributed by atoms with Crippen molar-refractivity contribution in [2.75, 3.05) is 39.5 Å². The van der Waals surface area contributed by atoms with Crippen molar-refractivity contribution in [3.8, 4) is 0 Å². The minimum atomic E-state index is -0.131. The highest BCUT2D eigenvalue weighted by atomic mass is 35.5. The summed E-state index contributed by atoms with van der Waals surface area (Å²) in [5.74, 6) is 1.10. The molecule has 3 amide bonds. The van der Waals surface area contributed by atoms with E-state index in [1.54, 1.807) is 4.90 Å². The van der Waals surface area contributed by atoms with Gasteiger partial charge in [0.05, 0.1) is 0 Å². The SMILES string of the molecule is O=C1COCN(C(=O)N2CCC(c3cn(CC4CC4)c4ccc(Cl)cc34)CC2)CCN1. The Balaban J connectivity index is 1.27. The summed E-state index contributed by atoms with van der Waals surface area (Å²) in [6.45, 7) is 3.63. The molecule has 0 spiro atoms. The van der Waals surface area contributed by atoms with Gasteiger partial charge in [-0.2, -0.15) is 0 Å². The molecule has 2 aliphatic heterocycles. The Morgan fingerprint density at radius 1 is 1.13 bits per heavy atom. The standard InChI is InChI=1S/C23H29ClN4O3/c24-18-3-4-21-19(11-18)20(13-28(21)12-16-1-2-16)17-5-8-26(9-6-17)23(30)27-10-7-25-22(29)14-31-15-27/h3-4,11,13,16-17H,1-2,5-10,12,14-15H2,(H,25,29). The van der Waals surface area contributed by atoms with E-state index in [0.717, 1.165) is 43.4 Å². The quantitative estimate of drug-likeness (QED) is 0.788. The van der Waals surface area contributed by atoms with Crippen LogP contribution in [0.2, 0.25) is 5.02 Å². The molecule has 0 radical (unpaired) electrons. The van der Waals surface area contributed by atoms with Gasteiger partial charge in [-0.25, -0.2) is 4.79 Å². The first kappa shape index (κ1) is 20.6. The van der Waals surface area contributed by atoms with E-state index in [1.165, 1.54) is 29.3 Å². The van der Waals surface area contributed by atoms with Crippen LogP contribution in [0.5, 0.6) is 0 Å². The summed E-state index contributed by atoms with van der Waals surface area (Å²) in [4.78, 5) is 28.0. The molecular weight excluding hydrogens is 416 g/mol. The van der Waals surface area contributed by atoms with E-state index < -0.39 is 0 Å². The van der Waals surface area contributed by atoms with E-state index in [2.05, 4.69) is 28.2 Å². The third kappa shape index (κ3) is 4.53. The fourth-order valence-electron chi connectivity index (χ4n) is 4.78. The van der Waals surface area contributed by atoms with E-state index in [1.807, 2.05) is 11.0 Å². The first-order chi connectivity index (χ1) is 15.1. The van der Waals surface area contributed by atoms with Crippen molar-refractivity contribution in [3.05, 3.63) is 35.0 Å². The molecule has 0 unspecified atom stereocenters. The second-order valence-corrected chi connectivity index (χ2v) is 9.41. The lowest BCUT2D eigenvalue weighted by Gasteiger charge is -2.36. The van der Waals surface area contributed by atoms with E-state index in [9.17, 15) is 9.59 Å². The van der Waals surface area contributed by atoms with Gasteiger partial charge in [-0.05, 0) is 61.3 Å². The molecule has 1 saturated carbocycles. The van der Waals surface area contributed by atoms with E-state index in [-0.39, 0.29) is 25.3 Å². The Hall–Kier alpha value is -2.25. The fourth-order valence-corrected chi connectivity index (χ4v) is 4.95. The smallest absolute Gasteiger partial charge is 0.321 e. The number of likely N-dealkylation sites (tertiary alicyclic amines) is 1. The molecule has 3 fully saturated rings. The Bertz CT molecular complexity index is 967. The molecule has 1 aromatic heterocycles. The van der Waals surface area contributed by atoms with E-state index in [0.29, 0.717) is 19.0 Å². The molecule has 31 heavy (non-hydrogen) atoms. The van der Waals surface area contributed by atoms with Gasteiger partial charge in [-0.15, -0.1) is 0 Å². The second-order valence-electron chi connectivity index (χ2n) is 8.98. The topological polar surface area (TPSA) is 66.8 Å². The molecular formula is C23H29ClN4O3. The minimum absolute atomic E-state index is 0.000660. The van der Waals surface area contributed by atoms with Crippen LogP contribution in [-0.4, -0.2) is 65.8 Å². The molecule has 1 N–H and O–H groups in total. The number of carbonyl (C=O) groups is 2. The van der Waals surface area contributed by atoms with E-state index in [4.69, 9.17) is 16.3 Å². The molecule has 8 heteroatoms. The number of ether oxygens (including phenoxy) is 1. The third-order valence-corrected chi connectivity index (χ3v) is 6.92. The van der Waals surface area contributed by atoms with Crippen LogP contribution < -0.4 is 5.32 Å². The second kappa shape index (κ2) is 8.71. The van der Waals surface area contributed by atoms with Crippen LogP contribution in [-0.2, 0) is 16.1 Å². The maximum atomic E-state index is 13.0. The maximum Gasteiger partial charge on any atom is 0.321 e. The summed E-state index contributed by atoms with van der Waals surface area (Å²) in [6, 6.07) is 6.21. The highest BCUT2D eigenvalue weighted by Gasteiger charge is 2.30. The molecule has 7 nitrogen and oxygen atoms in total. The predicted octanol–water partition coefficient (Wildman–Crippen LogP) is 3.41. The van der Waals surface area contributed by atoms with Crippen molar-refractivity contribution in [2.45, 2.75) is 38.1 Å². The summed E-state index contributed by atoms with van der Waals surface area (Å²) in [6.07, 6.45) is 6.86. The normalized spacial score (nSPS) is 21.1. The zero-order valence-corrected chi connectivity index (χ0v) is 18.4. The van der Waals surface area contributed by atoms with Gasteiger partial charge in [0.25, 0.3) is 0 Å². The number of rotatable bonds is 3. The predicted molar refractivity (Wildman–Crippen MR) is 119 cm³/mol. The van der Waals surface area contributed by atoms with Crippen molar-refractivity contribution in [1.82, 2.24) is 19.7 Å². The molecule has 2 aromatic rings. The summed E-state index contributed by atoms with van der Waals surface area (Å²) < 4.78 is 7.76. The molecule has 5 rings (SSSR count). The molecule has 3 aliphatic rings. The van der Waals surface area contributed by atoms with Gasteiger partial charge in [-0.1, -0.05) is 11.6 Å². The summed E-state index contributed by atoms with van der Waals surface area (Å²) in [7, 11) is 0. The number of hydrogen-bond donors (Lipinski definition) is 1. The van der Waals surface area contributed by atoms with Crippen LogP contribution in [0.4, 0.5) is 4.79 Å². The Morgan fingerprint density at radius 2 is 1.94 bits per heavy atom. The molecule has 1 aromatic carbocycles. The molecule has 0 atom stereocenters. The Morgan fingerprint density at radius 3 is 2.71 bits per heavy atom. The molecule has 2 saturated heterocycles. The first-order valence-electron chi connectivity index (χ1n) is 11.2. The largest absolute Gasteiger partial charge is 0.352 e. The van der Waals surface area contributed by atoms with Gasteiger partial charge in [0.1, 0.15) is 13.3 Å². The van der Waals surface area contributed by atoms with Gasteiger partial charge in [0, 0.05) is 54.8 Å². The number of nitrogens with zero attached hydrogens (tertiary/aromatic N) is 3. The number of urea groups is 1. The zero-order valence-electron chi connectivity index (χ0n) is 17.7. The summed E-state index contributed by atoms with van der Waals surface area (Å²) in [5, 5.41) is 4.78. The zero-order chi connectivity index (χ0) is 21.4. The molecule has 0 bridgehead atoms. The molecule has 1 aliphatic carbocycles. The van der Waals surface area contributed by atoms with Crippen LogP contribution in [0, 0.1) is 5.92 Å². The van der Waals surface area contributed by atoms with Crippen molar-refractivity contribution in [1.29, 1.82) is 0 Å². The number of benzene rings is 1. The van der Waals surface area contributed by atoms with Gasteiger partial charge in [-0.3, -0.25) is 9.69 Å². The Labute approximate surface area is 187 Å². The van der Waals surface area contributed by atoms with Crippen LogP contribution in [0.15, 0.2) is 24.4 Å². The fraction of sp³-hybridized carbons (Fsp3) is 0.565. The number of aromatic nitrogens is 1. The number of nitrogens with one attached hydrogen (secondary N) is 1. The van der Waals surface area contributed by atoms with Gasteiger partial charge >= 0.3 is 6.03 Å². The van der Waals surface area contributed by atoms with Crippen molar-refractivity contribution >= 4 is 34.4 Å². The van der Waals surface area contributed by atoms with Crippen molar-refractivity contribution in [3.63, 3.8) is 0 Å². The lowest BCUT2D eigenvalue weighted by Crippen LogP contribution is -2.51. The summed E-state index contributed by atoms with van der Waals surface area (Å²) in [5.41, 5.74) is 2.63. The van der Waals surface area contributed by atoms with Crippen LogP contribution in [0.25, 0.3) is 10.9 Å². The van der Waals surface area contributed by atoms with Crippen LogP contribution in [0.1, 0.15) is 37.2 Å². The minimum Gasteiger partial charge on any atom is -0.352 e. The average molecular weight is 445 g/mol. The number of carbonyl (C=O) groups excluding carboxylic acids is 2. The molecule has 3 heterocycles. The van der Waals surface area contributed by atoms with Crippen molar-refractivity contribution < 1.29 is 14.3 Å². The highest BCUT2D eigenvalue weighted by Crippen LogP contribution is 2.38. The van der Waals surface area contributed by atoms with Gasteiger partial charge < -0.3 is 19.5 Å². The third-order valence-electron chi connectivity index (χ3n) is 6.69. The lowest BCUT2D eigenvalue weighted by atomic mass is 9.89. The first-order valence-corrected chi connectivity index (χ1v) is 11.6. The van der Waals surface area contributed by atoms with Crippen molar-refractivity contribution in [2.24, 2.45) is 5.92 Å². The van der Waals surface area contributed by atoms with Crippen LogP contribution in [0.3, 0.4) is 0 Å². The van der Waals surface area contributed by atoms with Gasteiger partial charge in [0.2, 0.25) is 5.91 Å². The molecule has 166 valence electrons. The number of piperidine rings is 1. The van der Waals surface area contributed by atoms with Gasteiger partial charge in [0.15, 0.2) is 0 Å². The van der Waals surface area contributed by atoms with Crippen LogP contribution >= 0.6 is 11.6 Å². The number of amides is 3. The number of hydrogen-bond acceptors (Lipinski definition) is 3. The summed E-state index contributed by atoms with van der Waals surface area (Å²) >= 11 is 6.34. The van der Waals surface area contributed by atoms with E-state index >= 15 is 0 Å². The average Bonchev–Trinajstić information content (AvgIpc) is 3.51. The highest BCUT2D eigenvalue weighted by molar-refractivity contribution is 6.31. The number of fused-ring (bicyclic) bond motifs is 1.